The minimum absolute atomic E-state index is 0.0366. The Bertz CT molecular complexity index is 2870. The number of fused-ring (bicyclic) bond motifs is 4. The highest BCUT2D eigenvalue weighted by Crippen LogP contribution is 2.51. The normalized spacial score (nSPS) is 28.3. The third-order valence-electron chi connectivity index (χ3n) is 16.0. The van der Waals surface area contributed by atoms with E-state index in [1.807, 2.05) is 6.08 Å². The highest BCUT2D eigenvalue weighted by Gasteiger charge is 2.57. The number of nitrogens with one attached hydrogen (secondary N) is 3. The molecule has 2 aliphatic carbocycles. The van der Waals surface area contributed by atoms with Crippen molar-refractivity contribution in [2.24, 2.45) is 22.7 Å². The number of quaternary nitrogens is 1. The van der Waals surface area contributed by atoms with Crippen molar-refractivity contribution in [2.75, 3.05) is 26.3 Å². The summed E-state index contributed by atoms with van der Waals surface area (Å²) in [6, 6.07) is 10.7. The van der Waals surface area contributed by atoms with Crippen LogP contribution in [-0.4, -0.2) is 122 Å². The van der Waals surface area contributed by atoms with Crippen LogP contribution >= 0.6 is 0 Å². The SMILES string of the molecule is CCC1C2=CC=NC2=C[NH+]1c1c2c(cc3c(=O)cc(C)oc13)C[C@@H](OOC[C@@](O)(Cc1ccc(O)c3ccc(O)cc13)[C@@H](O)[C@H](O)[C@H](O)CO)[C@@]1(C[C@H]([C@@H]3CNC(=O)C3)C=C[C@H]1CNC1CCCCC1)O2. The first kappa shape index (κ1) is 49.1. The summed E-state index contributed by atoms with van der Waals surface area (Å²) in [4.78, 5) is 45.2. The molecule has 6 aliphatic rings. The number of carbonyl (C=O) groups is 1. The summed E-state index contributed by atoms with van der Waals surface area (Å²) in [5.41, 5.74) is 0.0528. The van der Waals surface area contributed by atoms with E-state index in [9.17, 15) is 45.3 Å². The molecule has 4 aromatic rings. The van der Waals surface area contributed by atoms with Gasteiger partial charge in [0.2, 0.25) is 17.2 Å². The first-order valence-corrected chi connectivity index (χ1v) is 25.1. The second-order valence-corrected chi connectivity index (χ2v) is 20.6. The van der Waals surface area contributed by atoms with Crippen LogP contribution in [0.15, 0.2) is 92.4 Å². The largest absolute Gasteiger partial charge is 0.508 e. The molecule has 10 N–H and O–H groups in total. The standard InChI is InChI=1S/C54H64N4O13/c1-3-42-38-15-16-55-41(38)26-58(42)48-50-32(18-40-44(62)17-29(2)69-51(40)48)19-46(54(70-50)23-30(33-20-47(64)57-24-33)9-11-34(54)25-56-35-7-5-4-6-8-35)71-68-28-53(67,52(66)49(65)45(63)27-59)22-31-10-14-43(61)37-13-12-36(60)21-39(31)37/h9-18,21,26,30,33-35,42,45-46,49,52,56,59-61,63,65-67H,3-8,19-20,22-25,27-28H2,1-2H3,(H,57,64)/p+1/t30-,33+,34+,42?,45-,46-,49-,52+,53+,54+/m1/s1. The van der Waals surface area contributed by atoms with Gasteiger partial charge in [0.25, 0.3) is 0 Å². The number of hydrogen-bond donors (Lipinski definition) is 10. The molecule has 0 bridgehead atoms. The molecular formula is C54H65N4O13+. The number of hydrogen-bond acceptors (Lipinski definition) is 15. The predicted molar refractivity (Wildman–Crippen MR) is 262 cm³/mol. The van der Waals surface area contributed by atoms with E-state index in [0.717, 1.165) is 48.3 Å². The van der Waals surface area contributed by atoms with Crippen LogP contribution in [-0.2, 0) is 27.4 Å². The van der Waals surface area contributed by atoms with E-state index in [-0.39, 0.29) is 59.1 Å². The maximum Gasteiger partial charge on any atom is 0.222 e. The Morgan fingerprint density at radius 1 is 1.01 bits per heavy atom. The average Bonchev–Trinajstić information content (AvgIpc) is 4.10. The summed E-state index contributed by atoms with van der Waals surface area (Å²) in [5.74, 6) is 0.144. The van der Waals surface area contributed by atoms with Gasteiger partial charge < -0.3 is 55.5 Å². The molecule has 1 spiro atoms. The summed E-state index contributed by atoms with van der Waals surface area (Å²) in [7, 11) is 0. The van der Waals surface area contributed by atoms with Gasteiger partial charge in [0.1, 0.15) is 77.4 Å². The molecule has 1 saturated heterocycles. The molecule has 71 heavy (non-hydrogen) atoms. The Balaban J connectivity index is 1.09. The van der Waals surface area contributed by atoms with E-state index in [4.69, 9.17) is 18.9 Å². The van der Waals surface area contributed by atoms with Crippen molar-refractivity contribution < 1.29 is 64.4 Å². The smallest absolute Gasteiger partial charge is 0.222 e. The molecule has 11 atom stereocenters. The van der Waals surface area contributed by atoms with Crippen molar-refractivity contribution in [1.29, 1.82) is 0 Å². The third-order valence-corrected chi connectivity index (χ3v) is 16.0. The lowest BCUT2D eigenvalue weighted by Crippen LogP contribution is -3.05. The second-order valence-electron chi connectivity index (χ2n) is 20.6. The van der Waals surface area contributed by atoms with Gasteiger partial charge in [-0.2, -0.15) is 0 Å². The fourth-order valence-corrected chi connectivity index (χ4v) is 12.2. The first-order valence-electron chi connectivity index (χ1n) is 25.1. The van der Waals surface area contributed by atoms with Crippen LogP contribution in [0.4, 0.5) is 5.69 Å². The Kier molecular flexibility index (Phi) is 13.7. The lowest BCUT2D eigenvalue weighted by Gasteiger charge is -2.51. The van der Waals surface area contributed by atoms with Crippen LogP contribution < -0.4 is 25.7 Å². The van der Waals surface area contributed by atoms with Gasteiger partial charge in [0.05, 0.1) is 12.0 Å². The highest BCUT2D eigenvalue weighted by molar-refractivity contribution is 5.92. The average molecular weight is 978 g/mol. The van der Waals surface area contributed by atoms with Gasteiger partial charge in [-0.3, -0.25) is 19.5 Å². The number of carbonyl (C=O) groups excluding carboxylic acids is 1. The summed E-state index contributed by atoms with van der Waals surface area (Å²) in [5, 5.41) is 84.9. The molecule has 1 aromatic heterocycles. The number of amides is 1. The number of aliphatic imine (C=N–C) groups is 1. The number of nitrogens with zero attached hydrogens (tertiary/aromatic N) is 1. The number of benzene rings is 3. The third kappa shape index (κ3) is 9.21. The minimum atomic E-state index is -2.43. The Morgan fingerprint density at radius 3 is 2.59 bits per heavy atom. The van der Waals surface area contributed by atoms with Gasteiger partial charge in [0.15, 0.2) is 11.2 Å². The van der Waals surface area contributed by atoms with Crippen LogP contribution in [0.3, 0.4) is 0 Å². The summed E-state index contributed by atoms with van der Waals surface area (Å²) in [6.45, 7) is 3.12. The first-order chi connectivity index (χ1) is 34.2. The molecule has 1 amide bonds. The number of phenols is 2. The maximum absolute atomic E-state index is 14.0. The van der Waals surface area contributed by atoms with Gasteiger partial charge in [-0.25, -0.2) is 9.78 Å². The molecule has 4 aliphatic heterocycles. The van der Waals surface area contributed by atoms with Crippen LogP contribution in [0.5, 0.6) is 17.2 Å². The maximum atomic E-state index is 14.0. The van der Waals surface area contributed by atoms with Crippen LogP contribution in [0.25, 0.3) is 21.7 Å². The predicted octanol–water partition coefficient (Wildman–Crippen LogP) is 3.12. The zero-order chi connectivity index (χ0) is 49.8. The molecule has 378 valence electrons. The molecule has 3 aromatic carbocycles. The summed E-state index contributed by atoms with van der Waals surface area (Å²) < 4.78 is 14.3. The molecule has 17 nitrogen and oxygen atoms in total. The number of ether oxygens (including phenoxy) is 1. The Morgan fingerprint density at radius 2 is 1.83 bits per heavy atom. The summed E-state index contributed by atoms with van der Waals surface area (Å²) in [6.07, 6.45) is 9.81. The number of aliphatic hydroxyl groups is 5. The van der Waals surface area contributed by atoms with Crippen molar-refractivity contribution in [3.05, 3.63) is 105 Å². The van der Waals surface area contributed by atoms with Gasteiger partial charge in [-0.1, -0.05) is 44.4 Å². The summed E-state index contributed by atoms with van der Waals surface area (Å²) >= 11 is 0. The molecular weight excluding hydrogens is 913 g/mol. The van der Waals surface area contributed by atoms with Crippen molar-refractivity contribution in [2.45, 2.75) is 126 Å². The lowest BCUT2D eigenvalue weighted by molar-refractivity contribution is -0.793. The zero-order valence-electron chi connectivity index (χ0n) is 40.1. The van der Waals surface area contributed by atoms with Gasteiger partial charge in [0, 0.05) is 79.5 Å². The van der Waals surface area contributed by atoms with Crippen LogP contribution in [0, 0.1) is 24.7 Å². The van der Waals surface area contributed by atoms with E-state index < -0.39 is 55.3 Å². The number of aryl methyl sites for hydroxylation is 1. The highest BCUT2D eigenvalue weighted by atomic mass is 17.2. The van der Waals surface area contributed by atoms with E-state index in [0.29, 0.717) is 76.0 Å². The number of aromatic hydroxyl groups is 2. The number of aliphatic hydroxyl groups excluding tert-OH is 4. The molecule has 5 heterocycles. The molecule has 17 heteroatoms. The Labute approximate surface area is 410 Å². The van der Waals surface area contributed by atoms with Gasteiger partial charge >= 0.3 is 0 Å². The van der Waals surface area contributed by atoms with Crippen molar-refractivity contribution in [3.63, 3.8) is 0 Å². The topological polar surface area (TPSA) is 257 Å². The fraction of sp³-hybridized carbons (Fsp3) is 0.500. The second kappa shape index (κ2) is 19.9. The Hall–Kier alpha value is -5.47. The van der Waals surface area contributed by atoms with Crippen molar-refractivity contribution in [1.82, 2.24) is 10.6 Å². The van der Waals surface area contributed by atoms with Crippen LogP contribution in [0.1, 0.15) is 75.2 Å². The number of rotatable bonds is 16. The lowest BCUT2D eigenvalue weighted by atomic mass is 9.66. The monoisotopic (exact) mass is 977 g/mol. The number of allylic oxidation sites excluding steroid dienone is 2. The zero-order valence-corrected chi connectivity index (χ0v) is 40.1. The van der Waals surface area contributed by atoms with E-state index in [1.54, 1.807) is 19.2 Å². The molecule has 10 rings (SSSR count). The van der Waals surface area contributed by atoms with Crippen molar-refractivity contribution >= 4 is 39.6 Å². The van der Waals surface area contributed by atoms with Gasteiger partial charge in [-0.05, 0) is 85.4 Å². The fourth-order valence-electron chi connectivity index (χ4n) is 12.2. The quantitative estimate of drug-likeness (QED) is 0.0440. The van der Waals surface area contributed by atoms with E-state index in [2.05, 4.69) is 40.9 Å². The molecule has 1 saturated carbocycles. The van der Waals surface area contributed by atoms with Gasteiger partial charge in [-0.15, -0.1) is 0 Å². The van der Waals surface area contributed by atoms with Crippen LogP contribution in [0.2, 0.25) is 0 Å². The van der Waals surface area contributed by atoms with Crippen molar-refractivity contribution in [3.8, 4) is 17.2 Å². The van der Waals surface area contributed by atoms with E-state index in [1.165, 1.54) is 42.8 Å². The minimum Gasteiger partial charge on any atom is -0.508 e. The van der Waals surface area contributed by atoms with E-state index >= 15 is 0 Å². The number of phenolic OH excluding ortho intramolecular Hbond substituents is 2. The molecule has 2 unspecified atom stereocenters. The molecule has 2 fully saturated rings. The molecule has 0 radical (unpaired) electrons.